The number of hydrogen-bond acceptors (Lipinski definition) is 2. The Morgan fingerprint density at radius 2 is 1.54 bits per heavy atom. The van der Waals surface area contributed by atoms with Crippen LogP contribution in [0.25, 0.3) is 0 Å². The van der Waals surface area contributed by atoms with E-state index in [1.165, 1.54) is 5.69 Å². The molecule has 1 aromatic carbocycles. The van der Waals surface area contributed by atoms with Gasteiger partial charge in [0.2, 0.25) is 0 Å². The molecule has 1 rings (SSSR count). The summed E-state index contributed by atoms with van der Waals surface area (Å²) in [5.74, 6) is 0. The summed E-state index contributed by atoms with van der Waals surface area (Å²) in [5, 5.41) is 0. The van der Waals surface area contributed by atoms with Crippen LogP contribution >= 0.6 is 11.9 Å². The topological polar surface area (TPSA) is 23.5 Å². The van der Waals surface area contributed by atoms with Crippen LogP contribution in [0.3, 0.4) is 0 Å². The molecule has 0 saturated heterocycles. The summed E-state index contributed by atoms with van der Waals surface area (Å²) in [6.45, 7) is 6.52. The highest BCUT2D eigenvalue weighted by Crippen LogP contribution is 2.11. The van der Waals surface area contributed by atoms with Gasteiger partial charge in [-0.15, -0.1) is 0 Å². The molecule has 0 aliphatic rings. The zero-order valence-corrected chi connectivity index (χ0v) is 8.83. The van der Waals surface area contributed by atoms with Crippen LogP contribution < -0.4 is 4.90 Å². The van der Waals surface area contributed by atoms with E-state index in [2.05, 4.69) is 54.9 Å². The van der Waals surface area contributed by atoms with Crippen LogP contribution in [0.2, 0.25) is 0 Å². The average Bonchev–Trinajstić information content (AvgIpc) is 2.24. The maximum Gasteiger partial charge on any atom is 0.0579 e. The lowest BCUT2D eigenvalue weighted by Gasteiger charge is -2.20. The fraction of sp³-hybridized carbons (Fsp3) is 0.400. The highest BCUT2D eigenvalue weighted by Gasteiger charge is 1.97. The Morgan fingerprint density at radius 1 is 1.08 bits per heavy atom. The van der Waals surface area contributed by atoms with Crippen molar-refractivity contribution in [2.45, 2.75) is 13.8 Å². The summed E-state index contributed by atoms with van der Waals surface area (Å²) in [4.78, 5) is 2.33. The molecule has 0 amide bonds. The summed E-state index contributed by atoms with van der Waals surface area (Å²) in [7, 11) is 0. The number of halogens is 1. The van der Waals surface area contributed by atoms with Crippen LogP contribution in [-0.2, 0) is 0 Å². The van der Waals surface area contributed by atoms with Crippen molar-refractivity contribution in [3.05, 3.63) is 30.3 Å². The van der Waals surface area contributed by atoms with Crippen LogP contribution in [0.5, 0.6) is 0 Å². The van der Waals surface area contributed by atoms with Gasteiger partial charge in [-0.25, -0.2) is 0 Å². The van der Waals surface area contributed by atoms with Gasteiger partial charge in [-0.2, -0.15) is 0 Å². The average molecular weight is 202 g/mol. The predicted molar refractivity (Wildman–Crippen MR) is 58.1 cm³/mol. The Hall–Kier alpha value is -0.730. The monoisotopic (exact) mass is 201 g/mol. The van der Waals surface area contributed by atoms with Crippen LogP contribution in [-0.4, -0.2) is 17.7 Å². The number of benzene rings is 1. The van der Waals surface area contributed by atoms with E-state index in [0.29, 0.717) is 0 Å². The molecule has 0 spiro atoms. The largest absolute Gasteiger partial charge is 0.372 e. The van der Waals surface area contributed by atoms with E-state index in [1.54, 1.807) is 0 Å². The second-order valence-electron chi connectivity index (χ2n) is 2.51. The van der Waals surface area contributed by atoms with Crippen molar-refractivity contribution >= 4 is 17.6 Å². The number of para-hydroxylation sites is 1. The SMILES string of the molecule is CCN(CC)c1ccccc1.OCl. The van der Waals surface area contributed by atoms with Gasteiger partial charge in [-0.05, 0) is 26.0 Å². The predicted octanol–water partition coefficient (Wildman–Crippen LogP) is 2.67. The molecule has 1 aromatic rings. The van der Waals surface area contributed by atoms with Crippen LogP contribution in [0.1, 0.15) is 13.8 Å². The smallest absolute Gasteiger partial charge is 0.0579 e. The lowest BCUT2D eigenvalue weighted by Crippen LogP contribution is -2.21. The molecule has 2 nitrogen and oxygen atoms in total. The highest BCUT2D eigenvalue weighted by molar-refractivity contribution is 6.04. The lowest BCUT2D eigenvalue weighted by molar-refractivity contribution is 0.632. The maximum absolute atomic E-state index is 6.47. The number of nitrogens with zero attached hydrogens (tertiary/aromatic N) is 1. The van der Waals surface area contributed by atoms with Crippen molar-refractivity contribution in [1.82, 2.24) is 0 Å². The fourth-order valence-electron chi connectivity index (χ4n) is 1.23. The third kappa shape index (κ3) is 4.15. The van der Waals surface area contributed by atoms with Gasteiger partial charge < -0.3 is 4.90 Å². The molecular formula is C10H16ClNO. The summed E-state index contributed by atoms with van der Waals surface area (Å²) >= 11 is 3.64. The third-order valence-corrected chi connectivity index (χ3v) is 1.88. The first kappa shape index (κ1) is 12.3. The van der Waals surface area contributed by atoms with Gasteiger partial charge in [-0.3, -0.25) is 4.66 Å². The summed E-state index contributed by atoms with van der Waals surface area (Å²) < 4.78 is 6.47. The molecule has 0 aliphatic carbocycles. The van der Waals surface area contributed by atoms with Gasteiger partial charge in [0, 0.05) is 18.8 Å². The standard InChI is InChI=1S/C10H15N.ClHO/c1-3-11(4-2)10-8-6-5-7-9-10;1-2/h5-9H,3-4H2,1-2H3;2H. The molecule has 13 heavy (non-hydrogen) atoms. The molecule has 0 heterocycles. The Bertz CT molecular complexity index is 199. The Balaban J connectivity index is 0.000000671. The number of anilines is 1. The molecule has 0 fully saturated rings. The van der Waals surface area contributed by atoms with Crippen LogP contribution in [0.4, 0.5) is 5.69 Å². The molecule has 0 bridgehead atoms. The third-order valence-electron chi connectivity index (χ3n) is 1.88. The van der Waals surface area contributed by atoms with Gasteiger partial charge in [0.05, 0.1) is 11.9 Å². The van der Waals surface area contributed by atoms with E-state index in [1.807, 2.05) is 6.07 Å². The van der Waals surface area contributed by atoms with Crippen LogP contribution in [0.15, 0.2) is 30.3 Å². The van der Waals surface area contributed by atoms with E-state index >= 15 is 0 Å². The van der Waals surface area contributed by atoms with Crippen molar-refractivity contribution in [2.75, 3.05) is 18.0 Å². The molecule has 1 N–H and O–H groups in total. The maximum atomic E-state index is 6.47. The quantitative estimate of drug-likeness (QED) is 0.813. The van der Waals surface area contributed by atoms with Gasteiger partial charge in [0.1, 0.15) is 0 Å². The van der Waals surface area contributed by atoms with Crippen molar-refractivity contribution in [3.63, 3.8) is 0 Å². The molecule has 0 unspecified atom stereocenters. The first-order valence-electron chi connectivity index (χ1n) is 4.35. The minimum absolute atomic E-state index is 1.08. The molecule has 74 valence electrons. The number of rotatable bonds is 3. The van der Waals surface area contributed by atoms with Crippen LogP contribution in [0, 0.1) is 0 Å². The minimum Gasteiger partial charge on any atom is -0.372 e. The molecule has 0 atom stereocenters. The van der Waals surface area contributed by atoms with Gasteiger partial charge in [0.15, 0.2) is 0 Å². The van der Waals surface area contributed by atoms with E-state index in [4.69, 9.17) is 4.66 Å². The van der Waals surface area contributed by atoms with Gasteiger partial charge in [-0.1, -0.05) is 18.2 Å². The second-order valence-corrected chi connectivity index (χ2v) is 2.51. The molecule has 0 aromatic heterocycles. The molecule has 3 heteroatoms. The minimum atomic E-state index is 1.08. The molecular weight excluding hydrogens is 186 g/mol. The zero-order valence-electron chi connectivity index (χ0n) is 8.07. The van der Waals surface area contributed by atoms with E-state index < -0.39 is 0 Å². The van der Waals surface area contributed by atoms with Crippen molar-refractivity contribution in [1.29, 1.82) is 0 Å². The summed E-state index contributed by atoms with van der Waals surface area (Å²) in [6, 6.07) is 10.5. The molecule has 0 saturated carbocycles. The summed E-state index contributed by atoms with van der Waals surface area (Å²) in [5.41, 5.74) is 1.32. The molecule has 0 aliphatic heterocycles. The zero-order chi connectivity index (χ0) is 10.1. The Morgan fingerprint density at radius 3 is 1.92 bits per heavy atom. The Labute approximate surface area is 84.9 Å². The fourth-order valence-corrected chi connectivity index (χ4v) is 1.23. The molecule has 0 radical (unpaired) electrons. The first-order chi connectivity index (χ1) is 6.38. The van der Waals surface area contributed by atoms with Gasteiger partial charge in [0.25, 0.3) is 0 Å². The first-order valence-corrected chi connectivity index (χ1v) is 4.69. The lowest BCUT2D eigenvalue weighted by atomic mass is 10.3. The van der Waals surface area contributed by atoms with E-state index in [9.17, 15) is 0 Å². The van der Waals surface area contributed by atoms with E-state index in [0.717, 1.165) is 13.1 Å². The van der Waals surface area contributed by atoms with Crippen molar-refractivity contribution < 1.29 is 4.66 Å². The number of hydrogen-bond donors (Lipinski definition) is 1. The Kier molecular flexibility index (Phi) is 7.45. The van der Waals surface area contributed by atoms with Crippen molar-refractivity contribution in [3.8, 4) is 0 Å². The highest BCUT2D eigenvalue weighted by atomic mass is 35.5. The second kappa shape index (κ2) is 7.90. The van der Waals surface area contributed by atoms with Crippen molar-refractivity contribution in [2.24, 2.45) is 0 Å². The van der Waals surface area contributed by atoms with Gasteiger partial charge >= 0.3 is 0 Å². The summed E-state index contributed by atoms with van der Waals surface area (Å²) in [6.07, 6.45) is 0. The normalized spacial score (nSPS) is 8.62. The van der Waals surface area contributed by atoms with E-state index in [-0.39, 0.29) is 0 Å².